The number of hydrogen-bond acceptors (Lipinski definition) is 21. The lowest BCUT2D eigenvalue weighted by Crippen LogP contribution is -2.30. The number of aliphatic hydroxyl groups is 2. The molecule has 27 nitrogen and oxygen atoms in total. The third kappa shape index (κ3) is 13.5. The lowest BCUT2D eigenvalue weighted by molar-refractivity contribution is -0.0586. The Morgan fingerprint density at radius 2 is 1.30 bits per heavy atom. The van der Waals surface area contributed by atoms with Crippen LogP contribution < -0.4 is 27.8 Å². The van der Waals surface area contributed by atoms with E-state index < -0.39 is 94.8 Å². The molecule has 0 saturated carbocycles. The number of benzene rings is 2. The largest absolute Gasteiger partial charge is 0.475 e. The average molecular weight is 1100 g/mol. The number of anilines is 2. The molecule has 2 fully saturated rings. The molecule has 10 N–H and O–H groups in total. The maximum Gasteiger partial charge on any atom is 0.475 e. The number of ether oxygens (including phenoxy) is 2. The van der Waals surface area contributed by atoms with Crippen LogP contribution in [0.15, 0.2) is 66.1 Å². The third-order valence-electron chi connectivity index (χ3n) is 12.9. The van der Waals surface area contributed by atoms with Crippen LogP contribution in [0.2, 0.25) is 0 Å². The number of aliphatic hydroxyl groups excluding tert-OH is 2. The first kappa shape index (κ1) is 56.0. The standard InChI is InChI=1S/C47H58N10O17P2/c48-37-13-16-56(47(64)55-37)38-21-33(35(23-59)71-38)74-76(68,70-24-36-34(73-75(65,66)67)22-39(72-36)57-26-54-40-43(49)52-25-53-44(40)57)69-18-8-4-2-6-15-51-46(63)28-10-12-30-32(20-28)42(61)31-19-27(9-11-29(31)41(30)60)45(62)50-14-5-1-3-7-17-58/h9-13,16,19-20,25-26,33-36,38-39,58-59H,1-8,14-15,17-18,21-24H2,(H,50,62)(H,51,63)(H2,48,55,64)(H2,49,52,53)(H2,65,66,67)/t33-,34-,35+,36+,38+,39+,76?/m0/s1. The molecular weight excluding hydrogens is 1040 g/mol. The van der Waals surface area contributed by atoms with Crippen LogP contribution in [0.25, 0.3) is 11.2 Å². The molecule has 2 aliphatic heterocycles. The number of nitrogen functional groups attached to an aromatic ring is 2. The van der Waals surface area contributed by atoms with Crippen molar-refractivity contribution in [2.24, 2.45) is 0 Å². The highest BCUT2D eigenvalue weighted by Gasteiger charge is 2.46. The van der Waals surface area contributed by atoms with Crippen molar-refractivity contribution in [2.45, 2.75) is 101 Å². The number of carbonyl (C=O) groups is 4. The average Bonchev–Trinajstić information content (AvgIpc) is 4.14. The van der Waals surface area contributed by atoms with Crippen LogP contribution in [0.1, 0.15) is 129 Å². The van der Waals surface area contributed by atoms with Gasteiger partial charge in [-0.05, 0) is 68.1 Å². The molecule has 1 unspecified atom stereocenters. The molecule has 0 spiro atoms. The number of nitrogens with one attached hydrogen (secondary N) is 2. The van der Waals surface area contributed by atoms with Crippen molar-refractivity contribution >= 4 is 61.8 Å². The van der Waals surface area contributed by atoms with E-state index in [0.29, 0.717) is 38.6 Å². The Balaban J connectivity index is 0.863. The van der Waals surface area contributed by atoms with Gasteiger partial charge in [-0.3, -0.25) is 46.4 Å². The highest BCUT2D eigenvalue weighted by molar-refractivity contribution is 7.48. The molecule has 8 rings (SSSR count). The summed E-state index contributed by atoms with van der Waals surface area (Å²) in [6.07, 6.45) is 1.57. The summed E-state index contributed by atoms with van der Waals surface area (Å²) >= 11 is 0. The van der Waals surface area contributed by atoms with Gasteiger partial charge in [0.15, 0.2) is 23.0 Å². The molecule has 1 aliphatic carbocycles. The molecule has 76 heavy (non-hydrogen) atoms. The molecular formula is C47H58N10O17P2. The van der Waals surface area contributed by atoms with Crippen LogP contribution in [-0.2, 0) is 36.7 Å². The summed E-state index contributed by atoms with van der Waals surface area (Å²) < 4.78 is 63.9. The van der Waals surface area contributed by atoms with E-state index in [1.807, 2.05) is 0 Å². The monoisotopic (exact) mass is 1100 g/mol. The minimum absolute atomic E-state index is 0.0352. The van der Waals surface area contributed by atoms with Gasteiger partial charge < -0.3 is 51.6 Å². The molecule has 5 heterocycles. The van der Waals surface area contributed by atoms with E-state index in [0.717, 1.165) is 23.8 Å². The first-order valence-electron chi connectivity index (χ1n) is 24.5. The lowest BCUT2D eigenvalue weighted by atomic mass is 9.82. The number of phosphoric acid groups is 2. The van der Waals surface area contributed by atoms with Crippen molar-refractivity contribution in [3.8, 4) is 0 Å². The van der Waals surface area contributed by atoms with Crippen LogP contribution >= 0.6 is 15.6 Å². The summed E-state index contributed by atoms with van der Waals surface area (Å²) in [5.74, 6) is -1.75. The molecule has 408 valence electrons. The summed E-state index contributed by atoms with van der Waals surface area (Å²) in [7, 11) is -9.82. The Morgan fingerprint density at radius 3 is 1.92 bits per heavy atom. The molecule has 29 heteroatoms. The Kier molecular flexibility index (Phi) is 18.3. The maximum atomic E-state index is 14.6. The predicted molar refractivity (Wildman–Crippen MR) is 267 cm³/mol. The highest BCUT2D eigenvalue weighted by Crippen LogP contribution is 2.54. The Labute approximate surface area is 433 Å². The van der Waals surface area contributed by atoms with E-state index in [1.54, 1.807) is 0 Å². The first-order chi connectivity index (χ1) is 36.5. The molecule has 3 aliphatic rings. The van der Waals surface area contributed by atoms with Gasteiger partial charge in [0.25, 0.3) is 11.8 Å². The number of unbranched alkanes of at least 4 members (excludes halogenated alkanes) is 6. The number of phosphoric ester groups is 2. The summed E-state index contributed by atoms with van der Waals surface area (Å²) in [4.78, 5) is 102. The first-order valence-corrected chi connectivity index (χ1v) is 27.5. The van der Waals surface area contributed by atoms with E-state index in [2.05, 4.69) is 30.6 Å². The lowest BCUT2D eigenvalue weighted by Gasteiger charge is -2.25. The van der Waals surface area contributed by atoms with E-state index in [-0.39, 0.29) is 88.8 Å². The van der Waals surface area contributed by atoms with Crippen molar-refractivity contribution in [2.75, 3.05) is 51.0 Å². The van der Waals surface area contributed by atoms with Crippen LogP contribution in [0.3, 0.4) is 0 Å². The Hall–Kier alpha value is -6.19. The topological polar surface area (TPSA) is 393 Å². The van der Waals surface area contributed by atoms with E-state index >= 15 is 0 Å². The Morgan fingerprint density at radius 1 is 0.711 bits per heavy atom. The number of carbonyl (C=O) groups excluding carboxylic acids is 4. The quantitative estimate of drug-likeness (QED) is 0.0286. The number of amides is 2. The predicted octanol–water partition coefficient (Wildman–Crippen LogP) is 2.87. The fraction of sp³-hybridized carbons (Fsp3) is 0.468. The van der Waals surface area contributed by atoms with Gasteiger partial charge in [-0.25, -0.2) is 28.9 Å². The van der Waals surface area contributed by atoms with Gasteiger partial charge in [0.1, 0.15) is 54.5 Å². The second kappa shape index (κ2) is 24.9. The molecule has 2 saturated heterocycles. The Bertz CT molecular complexity index is 3100. The zero-order valence-electron chi connectivity index (χ0n) is 40.9. The highest BCUT2D eigenvalue weighted by atomic mass is 31.2. The van der Waals surface area contributed by atoms with Crippen molar-refractivity contribution in [1.82, 2.24) is 39.7 Å². The number of nitrogens with zero attached hydrogens (tertiary/aromatic N) is 6. The summed E-state index contributed by atoms with van der Waals surface area (Å²) in [5.41, 5.74) is 12.1. The number of rotatable bonds is 26. The summed E-state index contributed by atoms with van der Waals surface area (Å²) in [6, 6.07) is 9.94. The number of nitrogens with two attached hydrogens (primary N) is 2. The molecule has 7 atom stereocenters. The molecule has 0 radical (unpaired) electrons. The minimum atomic E-state index is -5.12. The SMILES string of the molecule is Nc1ccn([C@H]2C[C@H](OP(=O)(OCCCCCCNC(=O)c3ccc4c(c3)C(=O)c3cc(C(=O)NCCCCCCO)ccc3C4=O)OC[C@H]3O[C@@H](n4cnc5c(N)ncnc54)C[C@@H]3OP(=O)(O)O)[C@@H](CO)O2)c(=O)n1. The van der Waals surface area contributed by atoms with Crippen LogP contribution in [0.5, 0.6) is 0 Å². The fourth-order valence-corrected chi connectivity index (χ4v) is 11.0. The summed E-state index contributed by atoms with van der Waals surface area (Å²) in [5, 5.41) is 24.8. The minimum Gasteiger partial charge on any atom is -0.396 e. The van der Waals surface area contributed by atoms with E-state index in [1.165, 1.54) is 65.9 Å². The molecule has 0 bridgehead atoms. The van der Waals surface area contributed by atoms with Gasteiger partial charge in [-0.2, -0.15) is 4.98 Å². The number of aromatic nitrogens is 6. The smallest absolute Gasteiger partial charge is 0.396 e. The van der Waals surface area contributed by atoms with Gasteiger partial charge >= 0.3 is 21.3 Å². The van der Waals surface area contributed by atoms with Crippen molar-refractivity contribution in [3.05, 3.63) is 105 Å². The van der Waals surface area contributed by atoms with Gasteiger partial charge in [0, 0.05) is 72.1 Å². The fourth-order valence-electron chi connectivity index (χ4n) is 9.00. The molecule has 3 aromatic heterocycles. The van der Waals surface area contributed by atoms with Crippen LogP contribution in [0.4, 0.5) is 11.6 Å². The van der Waals surface area contributed by atoms with Crippen molar-refractivity contribution in [3.63, 3.8) is 0 Å². The maximum absolute atomic E-state index is 14.6. The van der Waals surface area contributed by atoms with Crippen molar-refractivity contribution in [1.29, 1.82) is 0 Å². The van der Waals surface area contributed by atoms with Crippen LogP contribution in [-0.4, -0.2) is 136 Å². The van der Waals surface area contributed by atoms with Crippen molar-refractivity contribution < 1.29 is 75.9 Å². The van der Waals surface area contributed by atoms with Crippen LogP contribution in [0, 0.1) is 0 Å². The van der Waals surface area contributed by atoms with E-state index in [9.17, 15) is 48.0 Å². The normalized spacial score (nSPS) is 21.1. The van der Waals surface area contributed by atoms with Gasteiger partial charge in [-0.15, -0.1) is 0 Å². The number of hydrogen-bond donors (Lipinski definition) is 8. The molecule has 2 aromatic carbocycles. The molecule has 5 aromatic rings. The number of fused-ring (bicyclic) bond motifs is 3. The second-order valence-electron chi connectivity index (χ2n) is 18.1. The van der Waals surface area contributed by atoms with Gasteiger partial charge in [0.2, 0.25) is 0 Å². The second-order valence-corrected chi connectivity index (χ2v) is 20.9. The zero-order valence-corrected chi connectivity index (χ0v) is 42.7. The zero-order chi connectivity index (χ0) is 54.1. The number of imidazole rings is 1. The van der Waals surface area contributed by atoms with Gasteiger partial charge in [0.05, 0.1) is 26.1 Å². The third-order valence-corrected chi connectivity index (χ3v) is 14.9. The van der Waals surface area contributed by atoms with E-state index in [4.69, 9.17) is 44.1 Å². The summed E-state index contributed by atoms with van der Waals surface area (Å²) in [6.45, 7) is -0.742. The number of ketones is 2. The van der Waals surface area contributed by atoms with Gasteiger partial charge in [-0.1, -0.05) is 25.7 Å². The molecule has 2 amide bonds.